The Labute approximate surface area is 179 Å². The minimum absolute atomic E-state index is 0.502. The number of unbranched alkanes of at least 4 members (excludes halogenated alkanes) is 2. The minimum Gasteiger partial charge on any atom is -0.489 e. The van der Waals surface area contributed by atoms with Gasteiger partial charge in [0.15, 0.2) is 6.29 Å². The first kappa shape index (κ1) is 23.0. The van der Waals surface area contributed by atoms with Crippen molar-refractivity contribution in [3.05, 3.63) is 57.8 Å². The zero-order valence-corrected chi connectivity index (χ0v) is 18.8. The predicted octanol–water partition coefficient (Wildman–Crippen LogP) is 7.09. The van der Waals surface area contributed by atoms with E-state index in [9.17, 15) is 4.79 Å². The summed E-state index contributed by atoms with van der Waals surface area (Å²) in [6.07, 6.45) is 9.72. The molecule has 0 aliphatic rings. The SMILES string of the molecule is C=C(C)COc1cc(N(CCCC)CCCC)ccc1C=Cc1ccc(C=O)s1. The van der Waals surface area contributed by atoms with E-state index in [1.807, 2.05) is 25.1 Å². The van der Waals surface area contributed by atoms with E-state index in [1.54, 1.807) is 0 Å². The average Bonchev–Trinajstić information content (AvgIpc) is 3.19. The maximum atomic E-state index is 10.9. The molecule has 0 spiro atoms. The molecule has 0 unspecified atom stereocenters. The maximum Gasteiger partial charge on any atom is 0.160 e. The lowest BCUT2D eigenvalue weighted by atomic mass is 10.1. The van der Waals surface area contributed by atoms with Crippen LogP contribution in [-0.2, 0) is 0 Å². The van der Waals surface area contributed by atoms with Gasteiger partial charge in [-0.1, -0.05) is 33.3 Å². The van der Waals surface area contributed by atoms with Crippen molar-refractivity contribution in [3.63, 3.8) is 0 Å². The van der Waals surface area contributed by atoms with Crippen LogP contribution < -0.4 is 9.64 Å². The Balaban J connectivity index is 2.29. The molecule has 0 fully saturated rings. The van der Waals surface area contributed by atoms with Gasteiger partial charge in [-0.2, -0.15) is 0 Å². The molecule has 0 amide bonds. The first-order chi connectivity index (χ1) is 14.1. The van der Waals surface area contributed by atoms with Crippen molar-refractivity contribution in [3.8, 4) is 5.75 Å². The molecule has 156 valence electrons. The third-order valence-corrected chi connectivity index (χ3v) is 5.57. The lowest BCUT2D eigenvalue weighted by molar-refractivity contribution is 0.112. The highest BCUT2D eigenvalue weighted by Crippen LogP contribution is 2.29. The number of rotatable bonds is 13. The second kappa shape index (κ2) is 12.3. The predicted molar refractivity (Wildman–Crippen MR) is 127 cm³/mol. The molecule has 0 radical (unpaired) electrons. The lowest BCUT2D eigenvalue weighted by Gasteiger charge is -2.25. The molecule has 29 heavy (non-hydrogen) atoms. The molecule has 0 N–H and O–H groups in total. The number of hydrogen-bond acceptors (Lipinski definition) is 4. The Kier molecular flexibility index (Phi) is 9.72. The largest absolute Gasteiger partial charge is 0.489 e. The molecule has 0 saturated heterocycles. The molecule has 0 aliphatic heterocycles. The van der Waals surface area contributed by atoms with Gasteiger partial charge in [0.2, 0.25) is 0 Å². The van der Waals surface area contributed by atoms with Crippen LogP contribution in [0.15, 0.2) is 42.5 Å². The Bertz CT molecular complexity index is 814. The molecule has 1 aromatic heterocycles. The summed E-state index contributed by atoms with van der Waals surface area (Å²) in [6, 6.07) is 10.3. The molecule has 1 heterocycles. The first-order valence-corrected chi connectivity index (χ1v) is 11.3. The molecular weight excluding hydrogens is 378 g/mol. The molecule has 0 saturated carbocycles. The van der Waals surface area contributed by atoms with Gasteiger partial charge in [0, 0.05) is 35.3 Å². The molecule has 0 bridgehead atoms. The summed E-state index contributed by atoms with van der Waals surface area (Å²) >= 11 is 1.48. The number of thiophene rings is 1. The molecule has 0 aliphatic carbocycles. The van der Waals surface area contributed by atoms with Gasteiger partial charge < -0.3 is 9.64 Å². The molecule has 2 rings (SSSR count). The number of hydrogen-bond donors (Lipinski definition) is 0. The Morgan fingerprint density at radius 3 is 2.34 bits per heavy atom. The Hall–Kier alpha value is -2.33. The highest BCUT2D eigenvalue weighted by atomic mass is 32.1. The Morgan fingerprint density at radius 2 is 1.76 bits per heavy atom. The van der Waals surface area contributed by atoms with Gasteiger partial charge in [-0.05, 0) is 61.8 Å². The van der Waals surface area contributed by atoms with Crippen LogP contribution in [-0.4, -0.2) is 26.0 Å². The summed E-state index contributed by atoms with van der Waals surface area (Å²) in [5, 5.41) is 0. The van der Waals surface area contributed by atoms with Crippen molar-refractivity contribution in [1.82, 2.24) is 0 Å². The van der Waals surface area contributed by atoms with Gasteiger partial charge >= 0.3 is 0 Å². The molecule has 0 atom stereocenters. The van der Waals surface area contributed by atoms with Crippen LogP contribution in [0, 0.1) is 0 Å². The summed E-state index contributed by atoms with van der Waals surface area (Å²) in [4.78, 5) is 15.2. The van der Waals surface area contributed by atoms with Crippen LogP contribution in [0.25, 0.3) is 12.2 Å². The normalized spacial score (nSPS) is 11.0. The van der Waals surface area contributed by atoms with Crippen molar-refractivity contribution < 1.29 is 9.53 Å². The summed E-state index contributed by atoms with van der Waals surface area (Å²) in [6.45, 7) is 13.0. The van der Waals surface area contributed by atoms with Crippen LogP contribution in [0.2, 0.25) is 0 Å². The monoisotopic (exact) mass is 411 g/mol. The van der Waals surface area contributed by atoms with Gasteiger partial charge in [0.1, 0.15) is 12.4 Å². The average molecular weight is 412 g/mol. The second-order valence-electron chi connectivity index (χ2n) is 7.35. The summed E-state index contributed by atoms with van der Waals surface area (Å²) in [7, 11) is 0. The topological polar surface area (TPSA) is 29.5 Å². The van der Waals surface area contributed by atoms with E-state index in [-0.39, 0.29) is 0 Å². The van der Waals surface area contributed by atoms with Crippen molar-refractivity contribution >= 4 is 35.5 Å². The van der Waals surface area contributed by atoms with Gasteiger partial charge in [0.25, 0.3) is 0 Å². The molecule has 4 heteroatoms. The molecule has 1 aromatic carbocycles. The Morgan fingerprint density at radius 1 is 1.07 bits per heavy atom. The number of anilines is 1. The number of carbonyl (C=O) groups is 1. The van der Waals surface area contributed by atoms with Crippen LogP contribution >= 0.6 is 11.3 Å². The van der Waals surface area contributed by atoms with E-state index in [1.165, 1.54) is 42.7 Å². The van der Waals surface area contributed by atoms with Crippen LogP contribution in [0.3, 0.4) is 0 Å². The smallest absolute Gasteiger partial charge is 0.160 e. The van der Waals surface area contributed by atoms with Gasteiger partial charge in [0.05, 0.1) is 4.88 Å². The summed E-state index contributed by atoms with van der Waals surface area (Å²) in [5.41, 5.74) is 3.23. The van der Waals surface area contributed by atoms with E-state index in [0.717, 1.165) is 46.0 Å². The number of nitrogens with zero attached hydrogens (tertiary/aromatic N) is 1. The van der Waals surface area contributed by atoms with Crippen molar-refractivity contribution in [2.45, 2.75) is 46.5 Å². The van der Waals surface area contributed by atoms with Crippen molar-refractivity contribution in [1.29, 1.82) is 0 Å². The number of carbonyl (C=O) groups excluding carboxylic acids is 1. The molecule has 3 nitrogen and oxygen atoms in total. The van der Waals surface area contributed by atoms with E-state index in [0.29, 0.717) is 6.61 Å². The van der Waals surface area contributed by atoms with Crippen molar-refractivity contribution in [2.75, 3.05) is 24.6 Å². The zero-order chi connectivity index (χ0) is 21.1. The van der Waals surface area contributed by atoms with Crippen LogP contribution in [0.4, 0.5) is 5.69 Å². The highest BCUT2D eigenvalue weighted by Gasteiger charge is 2.10. The summed E-state index contributed by atoms with van der Waals surface area (Å²) < 4.78 is 6.08. The highest BCUT2D eigenvalue weighted by molar-refractivity contribution is 7.14. The van der Waals surface area contributed by atoms with Gasteiger partial charge in [-0.3, -0.25) is 4.79 Å². The molecular formula is C25H33NO2S. The fourth-order valence-electron chi connectivity index (χ4n) is 2.94. The standard InChI is InChI=1S/C25H33NO2S/c1-5-7-15-26(16-8-6-2)22-11-9-21(25(17-22)28-19-20(3)4)10-12-23-13-14-24(18-27)29-23/h9-14,17-18H,3,5-8,15-16,19H2,1-2,4H3. The minimum atomic E-state index is 0.502. The quantitative estimate of drug-likeness (QED) is 0.260. The van der Waals surface area contributed by atoms with Crippen LogP contribution in [0.1, 0.15) is 66.6 Å². The third kappa shape index (κ3) is 7.54. The van der Waals surface area contributed by atoms with Gasteiger partial charge in [-0.15, -0.1) is 11.3 Å². The van der Waals surface area contributed by atoms with E-state index in [4.69, 9.17) is 4.74 Å². The van der Waals surface area contributed by atoms with Crippen molar-refractivity contribution in [2.24, 2.45) is 0 Å². The third-order valence-electron chi connectivity index (χ3n) is 4.59. The number of ether oxygens (including phenoxy) is 1. The van der Waals surface area contributed by atoms with Gasteiger partial charge in [-0.25, -0.2) is 0 Å². The maximum absolute atomic E-state index is 10.9. The second-order valence-corrected chi connectivity index (χ2v) is 8.50. The fourth-order valence-corrected chi connectivity index (χ4v) is 3.67. The lowest BCUT2D eigenvalue weighted by Crippen LogP contribution is -2.25. The first-order valence-electron chi connectivity index (χ1n) is 10.5. The van der Waals surface area contributed by atoms with E-state index >= 15 is 0 Å². The van der Waals surface area contributed by atoms with E-state index < -0.39 is 0 Å². The molecule has 2 aromatic rings. The number of benzene rings is 1. The van der Waals surface area contributed by atoms with E-state index in [2.05, 4.69) is 49.6 Å². The fraction of sp³-hybridized carbons (Fsp3) is 0.400. The van der Waals surface area contributed by atoms with Crippen LogP contribution in [0.5, 0.6) is 5.75 Å². The number of aldehydes is 1. The summed E-state index contributed by atoms with van der Waals surface area (Å²) in [5.74, 6) is 0.868. The zero-order valence-electron chi connectivity index (χ0n) is 17.9.